The highest BCUT2D eigenvalue weighted by atomic mass is 32.2. The second-order valence-electron chi connectivity index (χ2n) is 12.1. The molecular weight excluding hydrogens is 605 g/mol. The van der Waals surface area contributed by atoms with Gasteiger partial charge < -0.3 is 31.3 Å². The molecule has 0 radical (unpaired) electrons. The highest BCUT2D eigenvalue weighted by Gasteiger charge is 2.48. The van der Waals surface area contributed by atoms with Gasteiger partial charge in [0.1, 0.15) is 5.75 Å². The third kappa shape index (κ3) is 9.70. The lowest BCUT2D eigenvalue weighted by atomic mass is 9.90. The number of hydroxylamine groups is 1. The minimum atomic E-state index is -0.457. The van der Waals surface area contributed by atoms with E-state index in [1.54, 1.807) is 0 Å². The fourth-order valence-corrected chi connectivity index (χ4v) is 7.62. The summed E-state index contributed by atoms with van der Waals surface area (Å²) in [4.78, 5) is 2.20. The minimum absolute atomic E-state index is 0.0246. The summed E-state index contributed by atoms with van der Waals surface area (Å²) in [5, 5.41) is 19.2. The van der Waals surface area contributed by atoms with Crippen molar-refractivity contribution in [3.63, 3.8) is 0 Å². The Hall–Kier alpha value is -2.12. The van der Waals surface area contributed by atoms with Gasteiger partial charge in [-0.3, -0.25) is 0 Å². The van der Waals surface area contributed by atoms with Gasteiger partial charge in [-0.1, -0.05) is 42.5 Å². The van der Waals surface area contributed by atoms with Gasteiger partial charge in [0.15, 0.2) is 0 Å². The van der Waals surface area contributed by atoms with Crippen LogP contribution in [0.3, 0.4) is 0 Å². The molecule has 3 aromatic rings. The molecule has 45 heavy (non-hydrogen) atoms. The summed E-state index contributed by atoms with van der Waals surface area (Å²) in [6, 6.07) is 25.2. The Bertz CT molecular complexity index is 1330. The van der Waals surface area contributed by atoms with Crippen LogP contribution in [0.4, 0.5) is 0 Å². The summed E-state index contributed by atoms with van der Waals surface area (Å²) < 4.78 is 15.2. The first-order valence-electron chi connectivity index (χ1n) is 16.1. The zero-order valence-electron chi connectivity index (χ0n) is 26.1. The molecule has 3 aliphatic rings. The van der Waals surface area contributed by atoms with Crippen molar-refractivity contribution in [1.82, 2.24) is 8.77 Å². The van der Waals surface area contributed by atoms with Crippen molar-refractivity contribution in [2.24, 2.45) is 11.5 Å². The van der Waals surface area contributed by atoms with E-state index in [4.69, 9.17) is 20.9 Å². The molecule has 2 heterocycles. The molecule has 6 rings (SSSR count). The van der Waals surface area contributed by atoms with E-state index in [1.807, 2.05) is 36.2 Å². The molecular formula is C35H48N4O4S2. The fourth-order valence-electron chi connectivity index (χ4n) is 5.69. The van der Waals surface area contributed by atoms with Crippen LogP contribution in [-0.2, 0) is 11.2 Å². The number of nitrogens with zero attached hydrogens (tertiary/aromatic N) is 2. The molecule has 3 fully saturated rings. The molecule has 2 saturated heterocycles. The number of ether oxygens (including phenoxy) is 2. The molecule has 1 saturated carbocycles. The number of hydrogen-bond acceptors (Lipinski definition) is 10. The molecule has 8 nitrogen and oxygen atoms in total. The lowest BCUT2D eigenvalue weighted by molar-refractivity contribution is -0.0536. The van der Waals surface area contributed by atoms with Crippen molar-refractivity contribution in [2.75, 3.05) is 46.0 Å². The molecule has 1 spiro atoms. The third-order valence-corrected chi connectivity index (χ3v) is 10.9. The smallest absolute Gasteiger partial charge is 0.120 e. The molecule has 244 valence electrons. The van der Waals surface area contributed by atoms with E-state index < -0.39 is 5.54 Å². The highest BCUT2D eigenvalue weighted by Crippen LogP contribution is 2.45. The predicted molar refractivity (Wildman–Crippen MR) is 183 cm³/mol. The third-order valence-electron chi connectivity index (χ3n) is 8.75. The highest BCUT2D eigenvalue weighted by molar-refractivity contribution is 7.97. The van der Waals surface area contributed by atoms with Crippen LogP contribution >= 0.6 is 23.9 Å². The number of aliphatic hydroxyl groups is 1. The molecule has 3 aromatic carbocycles. The number of nitrogens with two attached hydrogens (primary N) is 2. The Morgan fingerprint density at radius 3 is 2.29 bits per heavy atom. The molecule has 0 aromatic heterocycles. The number of aliphatic hydroxyl groups excluding tert-OH is 1. The van der Waals surface area contributed by atoms with Crippen LogP contribution in [0, 0.1) is 0 Å². The maximum Gasteiger partial charge on any atom is 0.120 e. The number of hydrogen-bond donors (Lipinski definition) is 4. The molecule has 10 heteroatoms. The lowest BCUT2D eigenvalue weighted by Gasteiger charge is -2.37. The molecule has 6 N–H and O–H groups in total. The Morgan fingerprint density at radius 1 is 0.867 bits per heavy atom. The van der Waals surface area contributed by atoms with Gasteiger partial charge in [-0.25, -0.2) is 4.31 Å². The SMILES string of the molecule is NCCCOc1cccc(SN(O)C2(CO)CC2)c1.NCCc1ccc(-c2cccc(SN3CCC4(CCCO4)CC3)c2)cc1. The van der Waals surface area contributed by atoms with Gasteiger partial charge in [-0.05, 0) is 135 Å². The summed E-state index contributed by atoms with van der Waals surface area (Å²) in [5.41, 5.74) is 14.6. The van der Waals surface area contributed by atoms with Crippen molar-refractivity contribution in [1.29, 1.82) is 0 Å². The standard InChI is InChI=1S/C22H28N2OS.C13H20N2O3S/c23-13-9-18-5-7-19(8-6-18)20-3-1-4-21(17-20)26-24-14-11-22(12-15-24)10-2-16-25-22;14-7-2-8-18-11-3-1-4-12(9-11)19-15(17)13(10-16)5-6-13/h1,3-8,17H,2,9-16,23H2;1,3-4,9,16-17H,2,5-8,10,14H2. The number of piperidine rings is 1. The Morgan fingerprint density at radius 2 is 1.62 bits per heavy atom. The van der Waals surface area contributed by atoms with Crippen molar-refractivity contribution >= 4 is 23.9 Å². The molecule has 0 unspecified atom stereocenters. The largest absolute Gasteiger partial charge is 0.494 e. The molecule has 0 bridgehead atoms. The van der Waals surface area contributed by atoms with Gasteiger partial charge in [0.2, 0.25) is 0 Å². The first kappa shape index (κ1) is 34.2. The van der Waals surface area contributed by atoms with E-state index in [0.29, 0.717) is 19.7 Å². The van der Waals surface area contributed by atoms with E-state index in [2.05, 4.69) is 52.8 Å². The average Bonchev–Trinajstić information content (AvgIpc) is 3.75. The number of benzene rings is 3. The molecule has 1 aliphatic carbocycles. The summed E-state index contributed by atoms with van der Waals surface area (Å²) >= 11 is 3.10. The van der Waals surface area contributed by atoms with Crippen LogP contribution in [0.5, 0.6) is 5.75 Å². The van der Waals surface area contributed by atoms with Crippen molar-refractivity contribution in [2.45, 2.75) is 72.3 Å². The van der Waals surface area contributed by atoms with E-state index in [0.717, 1.165) is 60.5 Å². The zero-order valence-corrected chi connectivity index (χ0v) is 27.7. The topological polar surface area (TPSA) is 117 Å². The maximum atomic E-state index is 9.98. The van der Waals surface area contributed by atoms with Gasteiger partial charge in [-0.2, -0.15) is 0 Å². The van der Waals surface area contributed by atoms with E-state index in [9.17, 15) is 10.3 Å². The summed E-state index contributed by atoms with van der Waals surface area (Å²) in [6.45, 7) is 5.06. The quantitative estimate of drug-likeness (QED) is 0.0974. The Balaban J connectivity index is 0.000000187. The van der Waals surface area contributed by atoms with Crippen molar-refractivity contribution in [3.8, 4) is 16.9 Å². The zero-order chi connectivity index (χ0) is 31.5. The summed E-state index contributed by atoms with van der Waals surface area (Å²) in [5.74, 6) is 0.765. The fraction of sp³-hybridized carbons (Fsp3) is 0.486. The van der Waals surface area contributed by atoms with Crippen LogP contribution in [0.15, 0.2) is 82.6 Å². The van der Waals surface area contributed by atoms with Crippen LogP contribution in [0.25, 0.3) is 11.1 Å². The molecule has 0 atom stereocenters. The van der Waals surface area contributed by atoms with Gasteiger partial charge >= 0.3 is 0 Å². The van der Waals surface area contributed by atoms with Gasteiger partial charge in [0.25, 0.3) is 0 Å². The Kier molecular flexibility index (Phi) is 12.6. The van der Waals surface area contributed by atoms with Crippen LogP contribution in [0.1, 0.15) is 50.5 Å². The van der Waals surface area contributed by atoms with Gasteiger partial charge in [0, 0.05) is 29.5 Å². The van der Waals surface area contributed by atoms with Gasteiger partial charge in [0.05, 0.1) is 24.4 Å². The van der Waals surface area contributed by atoms with Gasteiger partial charge in [-0.15, -0.1) is 4.47 Å². The second kappa shape index (κ2) is 16.6. The maximum absolute atomic E-state index is 9.98. The van der Waals surface area contributed by atoms with E-state index in [-0.39, 0.29) is 12.2 Å². The van der Waals surface area contributed by atoms with Crippen LogP contribution < -0.4 is 16.2 Å². The molecule has 2 aliphatic heterocycles. The lowest BCUT2D eigenvalue weighted by Crippen LogP contribution is -2.41. The summed E-state index contributed by atoms with van der Waals surface area (Å²) in [7, 11) is 0. The van der Waals surface area contributed by atoms with Crippen LogP contribution in [0.2, 0.25) is 0 Å². The normalized spacial score (nSPS) is 18.5. The predicted octanol–water partition coefficient (Wildman–Crippen LogP) is 6.14. The first-order chi connectivity index (χ1) is 22.0. The molecule has 0 amide bonds. The average molecular weight is 653 g/mol. The van der Waals surface area contributed by atoms with Crippen molar-refractivity contribution in [3.05, 3.63) is 78.4 Å². The Labute approximate surface area is 276 Å². The van der Waals surface area contributed by atoms with E-state index >= 15 is 0 Å². The van der Waals surface area contributed by atoms with Crippen LogP contribution in [-0.4, -0.2) is 76.2 Å². The first-order valence-corrected chi connectivity index (χ1v) is 17.7. The second-order valence-corrected chi connectivity index (χ2v) is 14.3. The van der Waals surface area contributed by atoms with E-state index in [1.165, 1.54) is 59.2 Å². The minimum Gasteiger partial charge on any atom is -0.494 e. The monoisotopic (exact) mass is 652 g/mol. The summed E-state index contributed by atoms with van der Waals surface area (Å²) in [6.07, 6.45) is 8.22. The van der Waals surface area contributed by atoms with Crippen molar-refractivity contribution < 1.29 is 19.8 Å². The number of rotatable bonds is 13.